The summed E-state index contributed by atoms with van der Waals surface area (Å²) in [6.07, 6.45) is 0.589. The Morgan fingerprint density at radius 3 is 2.40 bits per heavy atom. The maximum absolute atomic E-state index is 13.2. The van der Waals surface area contributed by atoms with Crippen LogP contribution in [0.1, 0.15) is 37.3 Å². The fourth-order valence-electron chi connectivity index (χ4n) is 3.96. The summed E-state index contributed by atoms with van der Waals surface area (Å²) < 4.78 is 39.6. The monoisotopic (exact) mass is 283 g/mol. The number of alkyl halides is 3. The maximum Gasteiger partial charge on any atom is 0.407 e. The molecule has 4 atom stereocenters. The Morgan fingerprint density at radius 2 is 1.85 bits per heavy atom. The Kier molecular flexibility index (Phi) is 3.76. The minimum Gasteiger partial charge on any atom is -0.302 e. The van der Waals surface area contributed by atoms with Crippen LogP contribution in [0.25, 0.3) is 0 Å². The van der Waals surface area contributed by atoms with Crippen LogP contribution in [-0.2, 0) is 0 Å². The van der Waals surface area contributed by atoms with Crippen LogP contribution in [0.15, 0.2) is 30.3 Å². The SMILES string of the molecule is FC(F)(F)C(NCC1CC2CCC1C2)c1ccccc1. The summed E-state index contributed by atoms with van der Waals surface area (Å²) in [5.41, 5.74) is 0.308. The normalized spacial score (nSPS) is 30.6. The molecule has 1 nitrogen and oxygen atoms in total. The molecule has 20 heavy (non-hydrogen) atoms. The number of nitrogens with one attached hydrogen (secondary N) is 1. The number of hydrogen-bond donors (Lipinski definition) is 1. The third-order valence-electron chi connectivity index (χ3n) is 4.93. The highest BCUT2D eigenvalue weighted by atomic mass is 19.4. The van der Waals surface area contributed by atoms with Crippen LogP contribution in [0.3, 0.4) is 0 Å². The second kappa shape index (κ2) is 5.40. The zero-order chi connectivity index (χ0) is 14.2. The number of rotatable bonds is 4. The number of halogens is 3. The van der Waals surface area contributed by atoms with Gasteiger partial charge in [-0.15, -0.1) is 0 Å². The van der Waals surface area contributed by atoms with Gasteiger partial charge in [0.15, 0.2) is 0 Å². The Labute approximate surface area is 117 Å². The van der Waals surface area contributed by atoms with Gasteiger partial charge in [0.05, 0.1) is 0 Å². The van der Waals surface area contributed by atoms with Crippen molar-refractivity contribution in [1.29, 1.82) is 0 Å². The van der Waals surface area contributed by atoms with E-state index >= 15 is 0 Å². The lowest BCUT2D eigenvalue weighted by atomic mass is 9.88. The van der Waals surface area contributed by atoms with Gasteiger partial charge in [0.2, 0.25) is 0 Å². The molecule has 1 N–H and O–H groups in total. The van der Waals surface area contributed by atoms with Crippen molar-refractivity contribution in [3.63, 3.8) is 0 Å². The second-order valence-electron chi connectivity index (χ2n) is 6.23. The second-order valence-corrected chi connectivity index (χ2v) is 6.23. The average Bonchev–Trinajstić information content (AvgIpc) is 3.01. The lowest BCUT2D eigenvalue weighted by Crippen LogP contribution is -2.38. The fraction of sp³-hybridized carbons (Fsp3) is 0.625. The van der Waals surface area contributed by atoms with E-state index in [0.29, 0.717) is 23.9 Å². The summed E-state index contributed by atoms with van der Waals surface area (Å²) >= 11 is 0. The molecule has 0 aromatic heterocycles. The number of benzene rings is 1. The maximum atomic E-state index is 13.2. The summed E-state index contributed by atoms with van der Waals surface area (Å²) in [5, 5.41) is 2.78. The highest BCUT2D eigenvalue weighted by Crippen LogP contribution is 2.48. The van der Waals surface area contributed by atoms with Gasteiger partial charge in [-0.1, -0.05) is 36.8 Å². The first kappa shape index (κ1) is 13.9. The molecule has 2 bridgehead atoms. The van der Waals surface area contributed by atoms with Crippen LogP contribution in [0.2, 0.25) is 0 Å². The van der Waals surface area contributed by atoms with E-state index in [1.54, 1.807) is 30.3 Å². The van der Waals surface area contributed by atoms with Crippen molar-refractivity contribution in [2.45, 2.75) is 37.9 Å². The van der Waals surface area contributed by atoms with Gasteiger partial charge in [-0.3, -0.25) is 0 Å². The predicted octanol–water partition coefficient (Wildman–Crippen LogP) is 4.32. The van der Waals surface area contributed by atoms with Gasteiger partial charge in [0, 0.05) is 0 Å². The lowest BCUT2D eigenvalue weighted by Gasteiger charge is -2.27. The van der Waals surface area contributed by atoms with E-state index in [-0.39, 0.29) is 0 Å². The van der Waals surface area contributed by atoms with Crippen molar-refractivity contribution in [2.24, 2.45) is 17.8 Å². The van der Waals surface area contributed by atoms with E-state index in [1.165, 1.54) is 19.3 Å². The Morgan fingerprint density at radius 1 is 1.10 bits per heavy atom. The Hall–Kier alpha value is -1.03. The molecule has 3 rings (SSSR count). The van der Waals surface area contributed by atoms with Crippen LogP contribution in [0.5, 0.6) is 0 Å². The first-order valence-corrected chi connectivity index (χ1v) is 7.39. The Balaban J connectivity index is 1.65. The van der Waals surface area contributed by atoms with Gasteiger partial charge in [-0.25, -0.2) is 0 Å². The summed E-state index contributed by atoms with van der Waals surface area (Å²) in [5.74, 6) is 1.85. The van der Waals surface area contributed by atoms with Gasteiger partial charge in [0.1, 0.15) is 6.04 Å². The predicted molar refractivity (Wildman–Crippen MR) is 72.2 cm³/mol. The first-order valence-electron chi connectivity index (χ1n) is 7.39. The molecule has 0 heterocycles. The van der Waals surface area contributed by atoms with Crippen molar-refractivity contribution in [2.75, 3.05) is 6.54 Å². The van der Waals surface area contributed by atoms with Crippen LogP contribution in [0, 0.1) is 17.8 Å². The van der Waals surface area contributed by atoms with E-state index in [2.05, 4.69) is 5.32 Å². The summed E-state index contributed by atoms with van der Waals surface area (Å²) in [6.45, 7) is 0.486. The smallest absolute Gasteiger partial charge is 0.302 e. The molecular weight excluding hydrogens is 263 g/mol. The zero-order valence-electron chi connectivity index (χ0n) is 11.4. The van der Waals surface area contributed by atoms with Crippen LogP contribution in [0.4, 0.5) is 13.2 Å². The van der Waals surface area contributed by atoms with Crippen molar-refractivity contribution < 1.29 is 13.2 Å². The van der Waals surface area contributed by atoms with Gasteiger partial charge in [-0.2, -0.15) is 13.2 Å². The summed E-state index contributed by atoms with van der Waals surface area (Å²) in [6, 6.07) is 6.62. The van der Waals surface area contributed by atoms with Crippen molar-refractivity contribution >= 4 is 0 Å². The van der Waals surface area contributed by atoms with Crippen LogP contribution >= 0.6 is 0 Å². The average molecular weight is 283 g/mol. The van der Waals surface area contributed by atoms with E-state index in [0.717, 1.165) is 12.3 Å². The molecule has 2 aliphatic carbocycles. The number of fused-ring (bicyclic) bond motifs is 2. The van der Waals surface area contributed by atoms with E-state index in [1.807, 2.05) is 0 Å². The summed E-state index contributed by atoms with van der Waals surface area (Å²) in [4.78, 5) is 0. The molecule has 0 aliphatic heterocycles. The van der Waals surface area contributed by atoms with Crippen LogP contribution in [-0.4, -0.2) is 12.7 Å². The molecule has 0 spiro atoms. The molecule has 1 aromatic carbocycles. The largest absolute Gasteiger partial charge is 0.407 e. The standard InChI is InChI=1S/C16H20F3N/c17-16(18,19)15(12-4-2-1-3-5-12)20-10-14-9-11-6-7-13(14)8-11/h1-5,11,13-15,20H,6-10H2. The minimum atomic E-state index is -4.24. The van der Waals surface area contributed by atoms with Crippen molar-refractivity contribution in [3.05, 3.63) is 35.9 Å². The minimum absolute atomic E-state index is 0.308. The van der Waals surface area contributed by atoms with E-state index < -0.39 is 12.2 Å². The lowest BCUT2D eigenvalue weighted by molar-refractivity contribution is -0.158. The van der Waals surface area contributed by atoms with E-state index in [9.17, 15) is 13.2 Å². The van der Waals surface area contributed by atoms with Gasteiger partial charge in [-0.05, 0) is 49.1 Å². The molecule has 0 saturated heterocycles. The topological polar surface area (TPSA) is 12.0 Å². The molecule has 0 amide bonds. The molecule has 0 radical (unpaired) electrons. The molecule has 2 saturated carbocycles. The molecule has 2 fully saturated rings. The van der Waals surface area contributed by atoms with Crippen molar-refractivity contribution in [1.82, 2.24) is 5.32 Å². The number of hydrogen-bond acceptors (Lipinski definition) is 1. The zero-order valence-corrected chi connectivity index (χ0v) is 11.4. The third-order valence-corrected chi connectivity index (χ3v) is 4.93. The Bertz CT molecular complexity index is 443. The molecular formula is C16H20F3N. The highest BCUT2D eigenvalue weighted by Gasteiger charge is 2.43. The van der Waals surface area contributed by atoms with Gasteiger partial charge in [0.25, 0.3) is 0 Å². The van der Waals surface area contributed by atoms with Gasteiger partial charge >= 0.3 is 6.18 Å². The third kappa shape index (κ3) is 2.85. The molecule has 2 aliphatic rings. The van der Waals surface area contributed by atoms with Crippen molar-refractivity contribution in [3.8, 4) is 0 Å². The van der Waals surface area contributed by atoms with Crippen LogP contribution < -0.4 is 5.32 Å². The quantitative estimate of drug-likeness (QED) is 0.868. The van der Waals surface area contributed by atoms with Gasteiger partial charge < -0.3 is 5.32 Å². The molecule has 1 aromatic rings. The molecule has 110 valence electrons. The van der Waals surface area contributed by atoms with E-state index in [4.69, 9.17) is 0 Å². The summed E-state index contributed by atoms with van der Waals surface area (Å²) in [7, 11) is 0. The highest BCUT2D eigenvalue weighted by molar-refractivity contribution is 5.20. The first-order chi connectivity index (χ1) is 9.54. The fourth-order valence-corrected chi connectivity index (χ4v) is 3.96. The molecule has 4 heteroatoms. The molecule has 4 unspecified atom stereocenters.